The molecule has 0 heterocycles. The molecule has 2 amide bonds. The van der Waals surface area contributed by atoms with E-state index in [4.69, 9.17) is 23.2 Å². The lowest BCUT2D eigenvalue weighted by Crippen LogP contribution is -2.54. The lowest BCUT2D eigenvalue weighted by molar-refractivity contribution is -0.140. The van der Waals surface area contributed by atoms with Gasteiger partial charge in [0.25, 0.3) is 0 Å². The maximum atomic E-state index is 14.7. The minimum atomic E-state index is -4.26. The van der Waals surface area contributed by atoms with Gasteiger partial charge < -0.3 is 10.2 Å². The Hall–Kier alpha value is -2.40. The number of benzene rings is 2. The van der Waals surface area contributed by atoms with Gasteiger partial charge in [-0.3, -0.25) is 9.59 Å². The summed E-state index contributed by atoms with van der Waals surface area (Å²) < 4.78 is 42.5. The Balaban J connectivity index is 2.55. The number of amides is 2. The molecule has 0 spiro atoms. The number of nitrogens with one attached hydrogen (secondary N) is 1. The summed E-state index contributed by atoms with van der Waals surface area (Å²) in [5.74, 6) is -1.90. The SMILES string of the molecule is CCC(C(=O)NC(C)C)N(Cc1ccc(Cl)c(Cl)c1)C(=O)CN(c1ccccc1F)S(=O)(=O)N(C)C. The summed E-state index contributed by atoms with van der Waals surface area (Å²) in [5, 5.41) is 3.39. The van der Waals surface area contributed by atoms with Crippen molar-refractivity contribution in [3.63, 3.8) is 0 Å². The predicted molar refractivity (Wildman–Crippen MR) is 141 cm³/mol. The lowest BCUT2D eigenvalue weighted by Gasteiger charge is -2.34. The van der Waals surface area contributed by atoms with Gasteiger partial charge in [-0.2, -0.15) is 12.7 Å². The van der Waals surface area contributed by atoms with Crippen LogP contribution in [0.25, 0.3) is 0 Å². The summed E-state index contributed by atoms with van der Waals surface area (Å²) >= 11 is 12.2. The Labute approximate surface area is 222 Å². The number of carbonyl (C=O) groups is 2. The molecule has 0 bridgehead atoms. The highest BCUT2D eigenvalue weighted by atomic mass is 35.5. The fourth-order valence-electron chi connectivity index (χ4n) is 3.49. The van der Waals surface area contributed by atoms with Gasteiger partial charge in [-0.25, -0.2) is 8.70 Å². The first kappa shape index (κ1) is 29.8. The maximum Gasteiger partial charge on any atom is 0.304 e. The zero-order chi connectivity index (χ0) is 27.2. The van der Waals surface area contributed by atoms with E-state index in [-0.39, 0.29) is 29.7 Å². The summed E-state index contributed by atoms with van der Waals surface area (Å²) in [6, 6.07) is 8.97. The molecule has 0 radical (unpaired) electrons. The molecule has 2 aromatic rings. The predicted octanol–water partition coefficient (Wildman–Crippen LogP) is 4.08. The number of nitrogens with zero attached hydrogens (tertiary/aromatic N) is 3. The number of hydrogen-bond donors (Lipinski definition) is 1. The minimum Gasteiger partial charge on any atom is -0.352 e. The van der Waals surface area contributed by atoms with E-state index in [0.717, 1.165) is 10.4 Å². The van der Waals surface area contributed by atoms with Crippen molar-refractivity contribution in [2.45, 2.75) is 45.8 Å². The Morgan fingerprint density at radius 3 is 2.22 bits per heavy atom. The summed E-state index contributed by atoms with van der Waals surface area (Å²) in [7, 11) is -1.69. The van der Waals surface area contributed by atoms with Crippen molar-refractivity contribution >= 4 is 50.9 Å². The largest absolute Gasteiger partial charge is 0.352 e. The van der Waals surface area contributed by atoms with Gasteiger partial charge in [0, 0.05) is 26.7 Å². The van der Waals surface area contributed by atoms with Crippen molar-refractivity contribution < 1.29 is 22.4 Å². The normalized spacial score (nSPS) is 12.5. The van der Waals surface area contributed by atoms with E-state index in [0.29, 0.717) is 14.9 Å². The second-order valence-corrected chi connectivity index (χ2v) is 11.5. The van der Waals surface area contributed by atoms with Crippen molar-refractivity contribution in [3.05, 3.63) is 63.9 Å². The van der Waals surface area contributed by atoms with Crippen LogP contribution in [0.1, 0.15) is 32.8 Å². The molecule has 0 fully saturated rings. The number of carbonyl (C=O) groups excluding carboxylic acids is 2. The average molecular weight is 562 g/mol. The van der Waals surface area contributed by atoms with Crippen molar-refractivity contribution in [2.24, 2.45) is 0 Å². The molecular weight excluding hydrogens is 530 g/mol. The van der Waals surface area contributed by atoms with E-state index in [1.807, 2.05) is 0 Å². The summed E-state index contributed by atoms with van der Waals surface area (Å²) in [6.07, 6.45) is 0.256. The first-order chi connectivity index (χ1) is 16.8. The van der Waals surface area contributed by atoms with Crippen molar-refractivity contribution in [1.82, 2.24) is 14.5 Å². The highest BCUT2D eigenvalue weighted by Crippen LogP contribution is 2.26. The molecule has 0 aliphatic heterocycles. The second-order valence-electron chi connectivity index (χ2n) is 8.61. The van der Waals surface area contributed by atoms with Gasteiger partial charge in [0.1, 0.15) is 18.4 Å². The monoisotopic (exact) mass is 560 g/mol. The Kier molecular flexibility index (Phi) is 10.5. The first-order valence-corrected chi connectivity index (χ1v) is 13.4. The average Bonchev–Trinajstić information content (AvgIpc) is 2.79. The standard InChI is InChI=1S/C24H31Cl2FN4O4S/c1-6-21(24(33)28-16(2)3)30(14-17-11-12-18(25)19(26)13-17)23(32)15-31(36(34,35)29(4)5)22-10-8-7-9-20(22)27/h7-13,16,21H,6,14-15H2,1-5H3,(H,28,33). The molecule has 2 aromatic carbocycles. The van der Waals surface area contributed by atoms with Crippen LogP contribution < -0.4 is 9.62 Å². The number of anilines is 1. The van der Waals surface area contributed by atoms with Crippen molar-refractivity contribution in [1.29, 1.82) is 0 Å². The van der Waals surface area contributed by atoms with Gasteiger partial charge in [0.2, 0.25) is 11.8 Å². The van der Waals surface area contributed by atoms with Crippen molar-refractivity contribution in [2.75, 3.05) is 24.9 Å². The third kappa shape index (κ3) is 7.32. The molecule has 36 heavy (non-hydrogen) atoms. The third-order valence-electron chi connectivity index (χ3n) is 5.29. The van der Waals surface area contributed by atoms with Crippen LogP contribution in [-0.2, 0) is 26.3 Å². The summed E-state index contributed by atoms with van der Waals surface area (Å²) in [5.41, 5.74) is 0.301. The zero-order valence-corrected chi connectivity index (χ0v) is 23.2. The Bertz CT molecular complexity index is 1190. The van der Waals surface area contributed by atoms with E-state index in [2.05, 4.69) is 5.32 Å². The molecule has 1 atom stereocenters. The smallest absolute Gasteiger partial charge is 0.304 e. The number of hydrogen-bond acceptors (Lipinski definition) is 4. The molecule has 0 aliphatic rings. The van der Waals surface area contributed by atoms with Gasteiger partial charge >= 0.3 is 10.2 Å². The van der Waals surface area contributed by atoms with Crippen LogP contribution in [0.15, 0.2) is 42.5 Å². The Morgan fingerprint density at radius 2 is 1.69 bits per heavy atom. The van der Waals surface area contributed by atoms with Crippen LogP contribution in [0.5, 0.6) is 0 Å². The van der Waals surface area contributed by atoms with Crippen LogP contribution in [0.2, 0.25) is 10.0 Å². The van der Waals surface area contributed by atoms with E-state index in [1.165, 1.54) is 37.2 Å². The molecule has 8 nitrogen and oxygen atoms in total. The van der Waals surface area contributed by atoms with Crippen molar-refractivity contribution in [3.8, 4) is 0 Å². The highest BCUT2D eigenvalue weighted by molar-refractivity contribution is 7.90. The molecule has 0 saturated heterocycles. The van der Waals surface area contributed by atoms with Crippen LogP contribution in [-0.4, -0.2) is 62.2 Å². The lowest BCUT2D eigenvalue weighted by atomic mass is 10.1. The fraction of sp³-hybridized carbons (Fsp3) is 0.417. The summed E-state index contributed by atoms with van der Waals surface area (Å²) in [4.78, 5) is 28.0. The van der Waals surface area contributed by atoms with Gasteiger partial charge in [0.05, 0.1) is 15.7 Å². The molecule has 198 valence electrons. The van der Waals surface area contributed by atoms with Gasteiger partial charge in [-0.15, -0.1) is 0 Å². The topological polar surface area (TPSA) is 90.0 Å². The van der Waals surface area contributed by atoms with E-state index >= 15 is 0 Å². The number of halogens is 3. The van der Waals surface area contributed by atoms with Crippen LogP contribution in [0.4, 0.5) is 10.1 Å². The first-order valence-electron chi connectivity index (χ1n) is 11.3. The molecule has 0 aliphatic carbocycles. The molecule has 0 saturated carbocycles. The van der Waals surface area contributed by atoms with E-state index in [1.54, 1.807) is 39.0 Å². The molecule has 12 heteroatoms. The van der Waals surface area contributed by atoms with Crippen LogP contribution >= 0.6 is 23.2 Å². The molecule has 1 unspecified atom stereocenters. The van der Waals surface area contributed by atoms with E-state index in [9.17, 15) is 22.4 Å². The molecule has 2 rings (SSSR count). The zero-order valence-electron chi connectivity index (χ0n) is 20.8. The number of para-hydroxylation sites is 1. The maximum absolute atomic E-state index is 14.7. The third-order valence-corrected chi connectivity index (χ3v) is 7.84. The Morgan fingerprint density at radius 1 is 1.06 bits per heavy atom. The van der Waals surface area contributed by atoms with Gasteiger partial charge in [-0.1, -0.05) is 48.3 Å². The molecule has 1 N–H and O–H groups in total. The fourth-order valence-corrected chi connectivity index (χ4v) is 4.88. The molecule has 0 aromatic heterocycles. The number of rotatable bonds is 11. The van der Waals surface area contributed by atoms with Crippen LogP contribution in [0, 0.1) is 5.82 Å². The molecular formula is C24H31Cl2FN4O4S. The highest BCUT2D eigenvalue weighted by Gasteiger charge is 2.34. The summed E-state index contributed by atoms with van der Waals surface area (Å²) in [6.45, 7) is 4.55. The van der Waals surface area contributed by atoms with E-state index < -0.39 is 40.4 Å². The minimum absolute atomic E-state index is 0.0487. The second kappa shape index (κ2) is 12.7. The quantitative estimate of drug-likeness (QED) is 0.448. The van der Waals surface area contributed by atoms with Crippen LogP contribution in [0.3, 0.4) is 0 Å². The van der Waals surface area contributed by atoms with Gasteiger partial charge in [-0.05, 0) is 50.1 Å². The van der Waals surface area contributed by atoms with Gasteiger partial charge in [0.15, 0.2) is 0 Å².